The highest BCUT2D eigenvalue weighted by Gasteiger charge is 2.22. The molecule has 0 amide bonds. The van der Waals surface area contributed by atoms with Gasteiger partial charge in [-0.15, -0.1) is 5.10 Å². The van der Waals surface area contributed by atoms with E-state index in [1.54, 1.807) is 10.9 Å². The number of hydrogen-bond donors (Lipinski definition) is 1. The lowest BCUT2D eigenvalue weighted by Crippen LogP contribution is -3.12. The Labute approximate surface area is 123 Å². The van der Waals surface area contributed by atoms with Crippen LogP contribution in [-0.2, 0) is 6.67 Å². The molecule has 2 aromatic rings. The van der Waals surface area contributed by atoms with Crippen LogP contribution < -0.4 is 4.90 Å². The third-order valence-corrected chi connectivity index (χ3v) is 4.33. The Hall–Kier alpha value is -1.40. The molecular weight excluding hydrogens is 274 g/mol. The Balaban J connectivity index is 1.72. The van der Waals surface area contributed by atoms with Crippen molar-refractivity contribution in [3.05, 3.63) is 23.2 Å². The second-order valence-electron chi connectivity index (χ2n) is 5.49. The van der Waals surface area contributed by atoms with Crippen LogP contribution in [0, 0.1) is 4.84 Å². The van der Waals surface area contributed by atoms with Crippen molar-refractivity contribution >= 4 is 12.2 Å². The highest BCUT2D eigenvalue weighted by molar-refractivity contribution is 7.71. The molecule has 1 fully saturated rings. The molecule has 1 aliphatic rings. The minimum absolute atomic E-state index is 0.409. The summed E-state index contributed by atoms with van der Waals surface area (Å²) >= 11 is 5.25. The third-order valence-electron chi connectivity index (χ3n) is 4.04. The fraction of sp³-hybridized carbons (Fsp3) is 0.571. The summed E-state index contributed by atoms with van der Waals surface area (Å²) in [5.74, 6) is 1.07. The van der Waals surface area contributed by atoms with Gasteiger partial charge in [-0.3, -0.25) is 0 Å². The van der Waals surface area contributed by atoms with Crippen molar-refractivity contribution in [1.29, 1.82) is 0 Å². The van der Waals surface area contributed by atoms with Crippen molar-refractivity contribution in [2.75, 3.05) is 7.05 Å². The van der Waals surface area contributed by atoms with Crippen molar-refractivity contribution in [2.24, 2.45) is 0 Å². The molecule has 6 heteroatoms. The molecule has 0 aliphatic heterocycles. The van der Waals surface area contributed by atoms with Gasteiger partial charge in [0.25, 0.3) is 10.7 Å². The minimum atomic E-state index is 0.409. The topological polar surface area (TPSA) is 48.5 Å². The van der Waals surface area contributed by atoms with Gasteiger partial charge in [-0.1, -0.05) is 6.42 Å². The molecule has 2 heterocycles. The summed E-state index contributed by atoms with van der Waals surface area (Å²) in [5, 5.41) is 4.42. The quantitative estimate of drug-likeness (QED) is 0.879. The zero-order valence-corrected chi connectivity index (χ0v) is 12.5. The fourth-order valence-corrected chi connectivity index (χ4v) is 3.05. The molecule has 1 unspecified atom stereocenters. The van der Waals surface area contributed by atoms with Crippen molar-refractivity contribution in [3.8, 4) is 11.7 Å². The summed E-state index contributed by atoms with van der Waals surface area (Å²) in [6.07, 6.45) is 8.24. The van der Waals surface area contributed by atoms with Gasteiger partial charge in [0, 0.05) is 0 Å². The average molecular weight is 294 g/mol. The first-order valence-electron chi connectivity index (χ1n) is 7.18. The molecule has 5 nitrogen and oxygen atoms in total. The number of furan rings is 1. The molecule has 1 atom stereocenters. The summed E-state index contributed by atoms with van der Waals surface area (Å²) in [6, 6.07) is 4.34. The normalized spacial score (nSPS) is 18.2. The summed E-state index contributed by atoms with van der Waals surface area (Å²) in [7, 11) is 2.21. The van der Waals surface area contributed by atoms with E-state index in [2.05, 4.69) is 12.1 Å². The predicted molar refractivity (Wildman–Crippen MR) is 76.8 cm³/mol. The SMILES string of the molecule is C[NH+](Cn1nc(-c2ccco2)oc1=S)C1CCCCC1. The molecule has 20 heavy (non-hydrogen) atoms. The fourth-order valence-electron chi connectivity index (χ4n) is 2.87. The van der Waals surface area contributed by atoms with Gasteiger partial charge in [-0.05, 0) is 50.0 Å². The molecule has 0 spiro atoms. The van der Waals surface area contributed by atoms with E-state index < -0.39 is 0 Å². The van der Waals surface area contributed by atoms with Crippen molar-refractivity contribution in [3.63, 3.8) is 0 Å². The molecule has 0 aromatic carbocycles. The molecule has 2 aromatic heterocycles. The molecule has 1 aliphatic carbocycles. The van der Waals surface area contributed by atoms with Gasteiger partial charge < -0.3 is 13.7 Å². The maximum atomic E-state index is 5.51. The zero-order chi connectivity index (χ0) is 13.9. The molecule has 3 rings (SSSR count). The van der Waals surface area contributed by atoms with Gasteiger partial charge in [0.05, 0.1) is 19.4 Å². The molecular formula is C14H20N3O2S+. The number of rotatable bonds is 4. The summed E-state index contributed by atoms with van der Waals surface area (Å²) in [4.78, 5) is 1.85. The first-order valence-corrected chi connectivity index (χ1v) is 7.59. The molecule has 0 radical (unpaired) electrons. The van der Waals surface area contributed by atoms with Crippen LogP contribution >= 0.6 is 12.2 Å². The van der Waals surface area contributed by atoms with Crippen molar-refractivity contribution in [2.45, 2.75) is 44.8 Å². The van der Waals surface area contributed by atoms with E-state index in [-0.39, 0.29) is 0 Å². The van der Waals surface area contributed by atoms with Crippen LogP contribution in [0.15, 0.2) is 27.2 Å². The summed E-state index contributed by atoms with van der Waals surface area (Å²) in [5.41, 5.74) is 0. The lowest BCUT2D eigenvalue weighted by atomic mass is 9.95. The number of hydrogen-bond acceptors (Lipinski definition) is 4. The first kappa shape index (κ1) is 13.6. The van der Waals surface area contributed by atoms with E-state index in [4.69, 9.17) is 21.1 Å². The van der Waals surface area contributed by atoms with Crippen LogP contribution in [0.5, 0.6) is 0 Å². The first-order chi connectivity index (χ1) is 9.74. The Morgan fingerprint density at radius 1 is 1.40 bits per heavy atom. The predicted octanol–water partition coefficient (Wildman–Crippen LogP) is 2.27. The van der Waals surface area contributed by atoms with Crippen molar-refractivity contribution in [1.82, 2.24) is 9.78 Å². The number of nitrogens with zero attached hydrogens (tertiary/aromatic N) is 2. The van der Waals surface area contributed by atoms with E-state index in [1.165, 1.54) is 37.0 Å². The summed E-state index contributed by atoms with van der Waals surface area (Å²) < 4.78 is 12.6. The lowest BCUT2D eigenvalue weighted by molar-refractivity contribution is -0.930. The number of quaternary nitrogens is 1. The number of nitrogens with one attached hydrogen (secondary N) is 1. The van der Waals surface area contributed by atoms with Gasteiger partial charge in [0.15, 0.2) is 12.4 Å². The maximum Gasteiger partial charge on any atom is 0.292 e. The smallest absolute Gasteiger partial charge is 0.292 e. The second-order valence-corrected chi connectivity index (χ2v) is 5.84. The van der Waals surface area contributed by atoms with Gasteiger partial charge in [0.2, 0.25) is 0 Å². The van der Waals surface area contributed by atoms with Crippen LogP contribution in [0.2, 0.25) is 0 Å². The molecule has 0 bridgehead atoms. The van der Waals surface area contributed by atoms with Crippen LogP contribution in [0.4, 0.5) is 0 Å². The second kappa shape index (κ2) is 5.93. The van der Waals surface area contributed by atoms with E-state index >= 15 is 0 Å². The van der Waals surface area contributed by atoms with Gasteiger partial charge in [0.1, 0.15) is 0 Å². The molecule has 1 saturated carbocycles. The Morgan fingerprint density at radius 3 is 2.90 bits per heavy atom. The van der Waals surface area contributed by atoms with Crippen molar-refractivity contribution < 1.29 is 13.7 Å². The highest BCUT2D eigenvalue weighted by Crippen LogP contribution is 2.18. The average Bonchev–Trinajstić information content (AvgIpc) is 3.10. The van der Waals surface area contributed by atoms with Crippen LogP contribution in [0.25, 0.3) is 11.7 Å². The van der Waals surface area contributed by atoms with Gasteiger partial charge >= 0.3 is 0 Å². The Kier molecular flexibility index (Phi) is 4.03. The Morgan fingerprint density at radius 2 is 2.20 bits per heavy atom. The largest absolute Gasteiger partial charge is 0.459 e. The highest BCUT2D eigenvalue weighted by atomic mass is 32.1. The number of aromatic nitrogens is 2. The Bertz CT molecular complexity index is 596. The van der Waals surface area contributed by atoms with E-state index in [9.17, 15) is 0 Å². The van der Waals surface area contributed by atoms with Crippen LogP contribution in [0.1, 0.15) is 32.1 Å². The zero-order valence-electron chi connectivity index (χ0n) is 11.7. The maximum absolute atomic E-state index is 5.51. The van der Waals surface area contributed by atoms with E-state index in [0.717, 1.165) is 6.67 Å². The van der Waals surface area contributed by atoms with E-state index in [1.807, 2.05) is 12.1 Å². The summed E-state index contributed by atoms with van der Waals surface area (Å²) in [6.45, 7) is 0.744. The van der Waals surface area contributed by atoms with Crippen LogP contribution in [0.3, 0.4) is 0 Å². The molecule has 108 valence electrons. The van der Waals surface area contributed by atoms with Gasteiger partial charge in [-0.25, -0.2) is 0 Å². The van der Waals surface area contributed by atoms with Gasteiger partial charge in [-0.2, -0.15) is 4.68 Å². The monoisotopic (exact) mass is 294 g/mol. The van der Waals surface area contributed by atoms with Crippen LogP contribution in [-0.4, -0.2) is 22.9 Å². The minimum Gasteiger partial charge on any atom is -0.459 e. The van der Waals surface area contributed by atoms with E-state index in [0.29, 0.717) is 22.5 Å². The standard InChI is InChI=1S/C14H19N3O2S/c1-16(11-6-3-2-4-7-11)10-17-14(20)19-13(15-17)12-8-5-9-18-12/h5,8-9,11H,2-4,6-7,10H2,1H3/p+1. The molecule has 0 saturated heterocycles. The lowest BCUT2D eigenvalue weighted by Gasteiger charge is -2.27. The third kappa shape index (κ3) is 2.86. The molecule has 1 N–H and O–H groups in total.